The van der Waals surface area contributed by atoms with Gasteiger partial charge in [0.1, 0.15) is 5.82 Å². The van der Waals surface area contributed by atoms with Crippen LogP contribution in [-0.4, -0.2) is 6.54 Å². The molecule has 0 radical (unpaired) electrons. The third-order valence-corrected chi connectivity index (χ3v) is 4.11. The molecule has 0 aliphatic heterocycles. The molecule has 19 heavy (non-hydrogen) atoms. The molecule has 0 aliphatic rings. The molecule has 0 fully saturated rings. The van der Waals surface area contributed by atoms with Gasteiger partial charge in [0, 0.05) is 14.2 Å². The average Bonchev–Trinajstić information content (AvgIpc) is 2.40. The van der Waals surface area contributed by atoms with Gasteiger partial charge < -0.3 is 5.32 Å². The fourth-order valence-electron chi connectivity index (χ4n) is 2.04. The van der Waals surface area contributed by atoms with Crippen LogP contribution < -0.4 is 5.32 Å². The van der Waals surface area contributed by atoms with E-state index in [4.69, 9.17) is 11.6 Å². The van der Waals surface area contributed by atoms with E-state index in [9.17, 15) is 4.39 Å². The standard InChI is InChI=1S/C15H14ClFIN/c1-2-19-15(11-5-3-4-6-13(11)17)12-9-10(16)7-8-14(12)18/h3-9,15,19H,2H2,1H3. The minimum atomic E-state index is -0.204. The quantitative estimate of drug-likeness (QED) is 0.742. The number of benzene rings is 2. The Bertz CT molecular complexity index is 574. The van der Waals surface area contributed by atoms with Crippen molar-refractivity contribution in [3.63, 3.8) is 0 Å². The Kier molecular flexibility index (Phi) is 5.19. The van der Waals surface area contributed by atoms with Crippen LogP contribution in [0, 0.1) is 9.39 Å². The Morgan fingerprint density at radius 1 is 1.21 bits per heavy atom. The lowest BCUT2D eigenvalue weighted by molar-refractivity contribution is 0.558. The molecule has 2 rings (SSSR count). The third-order valence-electron chi connectivity index (χ3n) is 2.89. The molecule has 1 atom stereocenters. The zero-order chi connectivity index (χ0) is 13.8. The predicted octanol–water partition coefficient (Wildman–Crippen LogP) is 4.78. The van der Waals surface area contributed by atoms with Crippen LogP contribution in [0.15, 0.2) is 42.5 Å². The zero-order valence-corrected chi connectivity index (χ0v) is 13.4. The number of hydrogen-bond acceptors (Lipinski definition) is 1. The van der Waals surface area contributed by atoms with Gasteiger partial charge >= 0.3 is 0 Å². The molecule has 0 heterocycles. The number of halogens is 3. The molecule has 0 spiro atoms. The third kappa shape index (κ3) is 3.46. The summed E-state index contributed by atoms with van der Waals surface area (Å²) in [5.41, 5.74) is 1.64. The smallest absolute Gasteiger partial charge is 0.128 e. The molecule has 0 saturated heterocycles. The van der Waals surface area contributed by atoms with Gasteiger partial charge in [0.15, 0.2) is 0 Å². The van der Waals surface area contributed by atoms with Crippen molar-refractivity contribution in [2.75, 3.05) is 6.54 Å². The highest BCUT2D eigenvalue weighted by Crippen LogP contribution is 2.30. The minimum absolute atomic E-state index is 0.184. The molecule has 1 N–H and O–H groups in total. The lowest BCUT2D eigenvalue weighted by Gasteiger charge is -2.21. The predicted molar refractivity (Wildman–Crippen MR) is 86.1 cm³/mol. The molecule has 0 aromatic heterocycles. The molecule has 2 aromatic rings. The van der Waals surface area contributed by atoms with Crippen LogP contribution >= 0.6 is 34.2 Å². The van der Waals surface area contributed by atoms with Crippen LogP contribution in [0.3, 0.4) is 0 Å². The first-order valence-electron chi connectivity index (χ1n) is 6.06. The number of hydrogen-bond donors (Lipinski definition) is 1. The van der Waals surface area contributed by atoms with Crippen LogP contribution in [0.4, 0.5) is 4.39 Å². The summed E-state index contributed by atoms with van der Waals surface area (Å²) in [6, 6.07) is 12.3. The molecular weight excluding hydrogens is 376 g/mol. The molecule has 4 heteroatoms. The summed E-state index contributed by atoms with van der Waals surface area (Å²) >= 11 is 8.31. The summed E-state index contributed by atoms with van der Waals surface area (Å²) < 4.78 is 15.1. The molecule has 0 bridgehead atoms. The molecule has 100 valence electrons. The second-order valence-corrected chi connectivity index (χ2v) is 5.78. The van der Waals surface area contributed by atoms with Crippen LogP contribution in [0.25, 0.3) is 0 Å². The summed E-state index contributed by atoms with van der Waals surface area (Å²) in [7, 11) is 0. The fraction of sp³-hybridized carbons (Fsp3) is 0.200. The van der Waals surface area contributed by atoms with Gasteiger partial charge in [-0.2, -0.15) is 0 Å². The van der Waals surface area contributed by atoms with Gasteiger partial charge in [0.2, 0.25) is 0 Å². The van der Waals surface area contributed by atoms with Gasteiger partial charge in [0.25, 0.3) is 0 Å². The van der Waals surface area contributed by atoms with Crippen LogP contribution in [0.1, 0.15) is 24.1 Å². The largest absolute Gasteiger partial charge is 0.306 e. The van der Waals surface area contributed by atoms with E-state index in [0.29, 0.717) is 10.6 Å². The number of rotatable bonds is 4. The van der Waals surface area contributed by atoms with Crippen molar-refractivity contribution in [2.45, 2.75) is 13.0 Å². The Morgan fingerprint density at radius 3 is 2.63 bits per heavy atom. The topological polar surface area (TPSA) is 12.0 Å². The Morgan fingerprint density at radius 2 is 1.95 bits per heavy atom. The van der Waals surface area contributed by atoms with E-state index in [0.717, 1.165) is 15.7 Å². The summed E-state index contributed by atoms with van der Waals surface area (Å²) in [5, 5.41) is 3.98. The first-order valence-corrected chi connectivity index (χ1v) is 7.52. The summed E-state index contributed by atoms with van der Waals surface area (Å²) in [6.45, 7) is 2.76. The van der Waals surface area contributed by atoms with E-state index in [2.05, 4.69) is 27.9 Å². The van der Waals surface area contributed by atoms with E-state index >= 15 is 0 Å². The highest BCUT2D eigenvalue weighted by Gasteiger charge is 2.19. The van der Waals surface area contributed by atoms with Crippen molar-refractivity contribution in [2.24, 2.45) is 0 Å². The van der Waals surface area contributed by atoms with E-state index in [-0.39, 0.29) is 11.9 Å². The van der Waals surface area contributed by atoms with Gasteiger partial charge in [-0.1, -0.05) is 36.7 Å². The zero-order valence-electron chi connectivity index (χ0n) is 10.5. The number of nitrogens with one attached hydrogen (secondary N) is 1. The summed E-state index contributed by atoms with van der Waals surface area (Å²) in [5.74, 6) is -0.204. The average molecular weight is 390 g/mol. The maximum absolute atomic E-state index is 14.0. The van der Waals surface area contributed by atoms with Crippen molar-refractivity contribution in [1.29, 1.82) is 0 Å². The van der Waals surface area contributed by atoms with E-state index in [1.54, 1.807) is 12.1 Å². The van der Waals surface area contributed by atoms with Gasteiger partial charge in [0.05, 0.1) is 6.04 Å². The molecule has 1 unspecified atom stereocenters. The Balaban J connectivity index is 2.51. The van der Waals surface area contributed by atoms with Crippen molar-refractivity contribution >= 4 is 34.2 Å². The van der Waals surface area contributed by atoms with Crippen molar-refractivity contribution < 1.29 is 4.39 Å². The normalized spacial score (nSPS) is 12.4. The monoisotopic (exact) mass is 389 g/mol. The molecule has 0 saturated carbocycles. The molecule has 0 aliphatic carbocycles. The first kappa shape index (κ1) is 14.8. The van der Waals surface area contributed by atoms with E-state index < -0.39 is 0 Å². The van der Waals surface area contributed by atoms with Crippen molar-refractivity contribution in [1.82, 2.24) is 5.32 Å². The highest BCUT2D eigenvalue weighted by molar-refractivity contribution is 14.1. The molecule has 1 nitrogen and oxygen atoms in total. The maximum atomic E-state index is 14.0. The van der Waals surface area contributed by atoms with Gasteiger partial charge in [-0.15, -0.1) is 0 Å². The maximum Gasteiger partial charge on any atom is 0.128 e. The van der Waals surface area contributed by atoms with Crippen molar-refractivity contribution in [3.8, 4) is 0 Å². The lowest BCUT2D eigenvalue weighted by atomic mass is 9.98. The van der Waals surface area contributed by atoms with Crippen LogP contribution in [0.2, 0.25) is 5.02 Å². The van der Waals surface area contributed by atoms with Crippen LogP contribution in [0.5, 0.6) is 0 Å². The van der Waals surface area contributed by atoms with Gasteiger partial charge in [-0.05, 0) is 59.0 Å². The second-order valence-electron chi connectivity index (χ2n) is 4.18. The molecule has 0 amide bonds. The Hall–Kier alpha value is -0.650. The highest BCUT2D eigenvalue weighted by atomic mass is 127. The minimum Gasteiger partial charge on any atom is -0.306 e. The fourth-order valence-corrected chi connectivity index (χ4v) is 2.86. The summed E-state index contributed by atoms with van der Waals surface area (Å²) in [4.78, 5) is 0. The van der Waals surface area contributed by atoms with E-state index in [1.807, 2.05) is 31.2 Å². The second kappa shape index (κ2) is 6.68. The first-order chi connectivity index (χ1) is 9.13. The van der Waals surface area contributed by atoms with Gasteiger partial charge in [-0.25, -0.2) is 4.39 Å². The van der Waals surface area contributed by atoms with Crippen LogP contribution in [-0.2, 0) is 0 Å². The van der Waals surface area contributed by atoms with Gasteiger partial charge in [-0.3, -0.25) is 0 Å². The summed E-state index contributed by atoms with van der Waals surface area (Å²) in [6.07, 6.45) is 0. The SMILES string of the molecule is CCNC(c1ccccc1F)c1cc(Cl)ccc1I. The molecule has 2 aromatic carbocycles. The molecular formula is C15H14ClFIN. The van der Waals surface area contributed by atoms with Crippen molar-refractivity contribution in [3.05, 3.63) is 68.0 Å². The van der Waals surface area contributed by atoms with E-state index in [1.165, 1.54) is 6.07 Å². The lowest BCUT2D eigenvalue weighted by Crippen LogP contribution is -2.23. The Labute approximate surface area is 131 Å².